The molecule has 0 saturated heterocycles. The Hall–Kier alpha value is -1.84. The highest BCUT2D eigenvalue weighted by molar-refractivity contribution is 5.73. The van der Waals surface area contributed by atoms with E-state index in [0.29, 0.717) is 5.69 Å². The predicted octanol–water partition coefficient (Wildman–Crippen LogP) is 1.52. The van der Waals surface area contributed by atoms with Crippen LogP contribution in [-0.4, -0.2) is 20.5 Å². The molecule has 0 saturated carbocycles. The molecule has 2 aromatic heterocycles. The van der Waals surface area contributed by atoms with Crippen LogP contribution in [0.4, 0.5) is 0 Å². The van der Waals surface area contributed by atoms with Crippen LogP contribution in [-0.2, 0) is 17.6 Å². The summed E-state index contributed by atoms with van der Waals surface area (Å²) in [6.45, 7) is 2.01. The Kier molecular flexibility index (Phi) is 2.41. The third-order valence-electron chi connectivity index (χ3n) is 2.33. The summed E-state index contributed by atoms with van der Waals surface area (Å²) in [5, 5.41) is 8.76. The number of rotatable bonds is 3. The summed E-state index contributed by atoms with van der Waals surface area (Å²) < 4.78 is 1.94. The molecule has 0 bridgehead atoms. The van der Waals surface area contributed by atoms with Gasteiger partial charge in [0.1, 0.15) is 5.82 Å². The number of carboxylic acid groups (broad SMARTS) is 1. The van der Waals surface area contributed by atoms with Crippen molar-refractivity contribution in [1.29, 1.82) is 0 Å². The highest BCUT2D eigenvalue weighted by Crippen LogP contribution is 2.13. The zero-order valence-corrected chi connectivity index (χ0v) is 8.47. The second-order valence-corrected chi connectivity index (χ2v) is 3.35. The highest BCUT2D eigenvalue weighted by Gasteiger charge is 2.11. The first-order chi connectivity index (χ1) is 7.22. The normalized spacial score (nSPS) is 10.7. The Labute approximate surface area is 87.2 Å². The van der Waals surface area contributed by atoms with Crippen LogP contribution in [0.5, 0.6) is 0 Å². The topological polar surface area (TPSA) is 54.6 Å². The largest absolute Gasteiger partial charge is 0.481 e. The Morgan fingerprint density at radius 3 is 3.00 bits per heavy atom. The number of aliphatic carboxylic acids is 1. The van der Waals surface area contributed by atoms with E-state index in [1.807, 2.05) is 35.7 Å². The monoisotopic (exact) mass is 204 g/mol. The van der Waals surface area contributed by atoms with E-state index < -0.39 is 5.97 Å². The molecule has 4 nitrogen and oxygen atoms in total. The van der Waals surface area contributed by atoms with Crippen molar-refractivity contribution in [2.45, 2.75) is 19.8 Å². The van der Waals surface area contributed by atoms with Gasteiger partial charge in [-0.2, -0.15) is 0 Å². The van der Waals surface area contributed by atoms with Crippen molar-refractivity contribution in [2.75, 3.05) is 0 Å². The van der Waals surface area contributed by atoms with Crippen LogP contribution in [0, 0.1) is 0 Å². The number of imidazole rings is 1. The summed E-state index contributed by atoms with van der Waals surface area (Å²) in [4.78, 5) is 15.0. The molecule has 0 fully saturated rings. The van der Waals surface area contributed by atoms with Crippen LogP contribution in [0.2, 0.25) is 0 Å². The Balaban J connectivity index is 2.59. The smallest absolute Gasteiger partial charge is 0.309 e. The van der Waals surface area contributed by atoms with Crippen molar-refractivity contribution in [2.24, 2.45) is 0 Å². The number of carbonyl (C=O) groups is 1. The quantitative estimate of drug-likeness (QED) is 0.824. The van der Waals surface area contributed by atoms with Crippen LogP contribution in [0.25, 0.3) is 5.52 Å². The molecular formula is C11H12N2O2. The Bertz CT molecular complexity index is 502. The maximum Gasteiger partial charge on any atom is 0.309 e. The lowest BCUT2D eigenvalue weighted by Crippen LogP contribution is -2.00. The molecule has 15 heavy (non-hydrogen) atoms. The van der Waals surface area contributed by atoms with E-state index >= 15 is 0 Å². The number of pyridine rings is 1. The average Bonchev–Trinajstić information content (AvgIpc) is 2.56. The molecule has 78 valence electrons. The lowest BCUT2D eigenvalue weighted by Gasteiger charge is -1.96. The molecule has 0 amide bonds. The van der Waals surface area contributed by atoms with Gasteiger partial charge in [0.05, 0.1) is 17.6 Å². The second kappa shape index (κ2) is 3.73. The molecule has 0 radical (unpaired) electrons. The summed E-state index contributed by atoms with van der Waals surface area (Å²) in [7, 11) is 0. The minimum Gasteiger partial charge on any atom is -0.481 e. The van der Waals surface area contributed by atoms with E-state index in [-0.39, 0.29) is 6.42 Å². The first-order valence-electron chi connectivity index (χ1n) is 4.89. The van der Waals surface area contributed by atoms with Gasteiger partial charge in [-0.3, -0.25) is 4.79 Å². The fourth-order valence-electron chi connectivity index (χ4n) is 1.69. The first-order valence-corrected chi connectivity index (χ1v) is 4.89. The SMILES string of the molecule is CCc1nc(CC(=O)O)c2ccccn12. The van der Waals surface area contributed by atoms with Gasteiger partial charge >= 0.3 is 5.97 Å². The predicted molar refractivity (Wildman–Crippen MR) is 55.9 cm³/mol. The molecule has 0 aliphatic rings. The van der Waals surface area contributed by atoms with Crippen molar-refractivity contribution >= 4 is 11.5 Å². The molecule has 2 heterocycles. The van der Waals surface area contributed by atoms with Crippen LogP contribution in [0.1, 0.15) is 18.4 Å². The number of hydrogen-bond acceptors (Lipinski definition) is 2. The minimum atomic E-state index is -0.846. The molecule has 2 aromatic rings. The molecule has 4 heteroatoms. The third-order valence-corrected chi connectivity index (χ3v) is 2.33. The maximum absolute atomic E-state index is 10.7. The fraction of sp³-hybridized carbons (Fsp3) is 0.273. The number of carboxylic acids is 1. The molecule has 0 unspecified atom stereocenters. The molecule has 0 aromatic carbocycles. The van der Waals surface area contributed by atoms with Gasteiger partial charge < -0.3 is 9.51 Å². The van der Waals surface area contributed by atoms with E-state index in [9.17, 15) is 4.79 Å². The zero-order valence-electron chi connectivity index (χ0n) is 8.47. The van der Waals surface area contributed by atoms with E-state index in [4.69, 9.17) is 5.11 Å². The number of hydrogen-bond donors (Lipinski definition) is 1. The van der Waals surface area contributed by atoms with Crippen molar-refractivity contribution < 1.29 is 9.90 Å². The maximum atomic E-state index is 10.7. The van der Waals surface area contributed by atoms with E-state index in [1.54, 1.807) is 0 Å². The molecule has 2 rings (SSSR count). The summed E-state index contributed by atoms with van der Waals surface area (Å²) in [5.41, 5.74) is 1.52. The van der Waals surface area contributed by atoms with Gasteiger partial charge in [0.15, 0.2) is 0 Å². The molecule has 0 aliphatic heterocycles. The molecule has 0 spiro atoms. The average molecular weight is 204 g/mol. The van der Waals surface area contributed by atoms with Gasteiger partial charge in [0.2, 0.25) is 0 Å². The molecule has 0 atom stereocenters. The van der Waals surface area contributed by atoms with Crippen LogP contribution >= 0.6 is 0 Å². The summed E-state index contributed by atoms with van der Waals surface area (Å²) in [6.07, 6.45) is 2.69. The zero-order chi connectivity index (χ0) is 10.8. The van der Waals surface area contributed by atoms with Crippen molar-refractivity contribution in [3.05, 3.63) is 35.9 Å². The second-order valence-electron chi connectivity index (χ2n) is 3.35. The van der Waals surface area contributed by atoms with Gasteiger partial charge in [0, 0.05) is 12.6 Å². The summed E-state index contributed by atoms with van der Waals surface area (Å²) >= 11 is 0. The first kappa shape index (κ1) is 9.71. The fourth-order valence-corrected chi connectivity index (χ4v) is 1.69. The molecule has 0 aliphatic carbocycles. The van der Waals surface area contributed by atoms with Gasteiger partial charge in [-0.1, -0.05) is 13.0 Å². The van der Waals surface area contributed by atoms with E-state index in [0.717, 1.165) is 17.8 Å². The van der Waals surface area contributed by atoms with Crippen LogP contribution in [0.3, 0.4) is 0 Å². The number of aryl methyl sites for hydroxylation is 1. The van der Waals surface area contributed by atoms with Crippen molar-refractivity contribution in [3.8, 4) is 0 Å². The lowest BCUT2D eigenvalue weighted by atomic mass is 10.2. The van der Waals surface area contributed by atoms with Crippen LogP contribution in [0.15, 0.2) is 24.4 Å². The standard InChI is InChI=1S/C11H12N2O2/c1-2-10-12-8(7-11(14)15)9-5-3-4-6-13(9)10/h3-6H,2,7H2,1H3,(H,14,15). The van der Waals surface area contributed by atoms with Gasteiger partial charge in [-0.25, -0.2) is 4.98 Å². The Morgan fingerprint density at radius 2 is 2.33 bits per heavy atom. The highest BCUT2D eigenvalue weighted by atomic mass is 16.4. The Morgan fingerprint density at radius 1 is 1.53 bits per heavy atom. The van der Waals surface area contributed by atoms with Crippen LogP contribution < -0.4 is 0 Å². The molecule has 1 N–H and O–H groups in total. The molecular weight excluding hydrogens is 192 g/mol. The van der Waals surface area contributed by atoms with E-state index in [2.05, 4.69) is 4.98 Å². The number of fused-ring (bicyclic) bond motifs is 1. The van der Waals surface area contributed by atoms with Gasteiger partial charge in [0.25, 0.3) is 0 Å². The van der Waals surface area contributed by atoms with Gasteiger partial charge in [-0.05, 0) is 12.1 Å². The van der Waals surface area contributed by atoms with Gasteiger partial charge in [-0.15, -0.1) is 0 Å². The lowest BCUT2D eigenvalue weighted by molar-refractivity contribution is -0.136. The minimum absolute atomic E-state index is 0.0203. The number of nitrogens with zero attached hydrogens (tertiary/aromatic N) is 2. The van der Waals surface area contributed by atoms with E-state index in [1.165, 1.54) is 0 Å². The third kappa shape index (κ3) is 1.70. The summed E-state index contributed by atoms with van der Waals surface area (Å²) in [6, 6.07) is 5.70. The summed E-state index contributed by atoms with van der Waals surface area (Å²) in [5.74, 6) is 0.0587. The van der Waals surface area contributed by atoms with Crippen molar-refractivity contribution in [1.82, 2.24) is 9.38 Å². The number of aromatic nitrogens is 2. The van der Waals surface area contributed by atoms with Crippen molar-refractivity contribution in [3.63, 3.8) is 0 Å².